The highest BCUT2D eigenvalue weighted by atomic mass is 19.1. The topological polar surface area (TPSA) is 54.7 Å². The maximum Gasteiger partial charge on any atom is 0.193 e. The third-order valence-electron chi connectivity index (χ3n) is 6.28. The minimum Gasteiger partial charge on any atom is -0.370 e. The van der Waals surface area contributed by atoms with Gasteiger partial charge in [-0.3, -0.25) is 9.67 Å². The van der Waals surface area contributed by atoms with Gasteiger partial charge in [-0.15, -0.1) is 0 Å². The zero-order chi connectivity index (χ0) is 20.3. The molecule has 2 heterocycles. The fourth-order valence-corrected chi connectivity index (χ4v) is 4.65. The number of benzene rings is 1. The number of nitrogens with one attached hydrogen (secondary N) is 1. The van der Waals surface area contributed by atoms with Crippen molar-refractivity contribution in [1.29, 1.82) is 0 Å². The van der Waals surface area contributed by atoms with Crippen LogP contribution in [-0.2, 0) is 17.2 Å². The van der Waals surface area contributed by atoms with E-state index in [4.69, 9.17) is 4.74 Å². The highest BCUT2D eigenvalue weighted by molar-refractivity contribution is 5.80. The van der Waals surface area contributed by atoms with Gasteiger partial charge in [-0.05, 0) is 30.5 Å². The molecule has 1 N–H and O–H groups in total. The number of morpholine rings is 1. The molecule has 6 nitrogen and oxygen atoms in total. The highest BCUT2D eigenvalue weighted by Gasteiger charge is 2.36. The first-order valence-corrected chi connectivity index (χ1v) is 10.4. The Hall–Kier alpha value is -2.41. The first kappa shape index (κ1) is 19.9. The smallest absolute Gasteiger partial charge is 0.193 e. The van der Waals surface area contributed by atoms with Crippen molar-refractivity contribution < 1.29 is 9.13 Å². The number of ether oxygens (including phenoxy) is 1. The summed E-state index contributed by atoms with van der Waals surface area (Å²) in [7, 11) is 3.75. The fraction of sp³-hybridized carbons (Fsp3) is 0.545. The van der Waals surface area contributed by atoms with Gasteiger partial charge in [-0.25, -0.2) is 4.39 Å². The number of guanidine groups is 1. The zero-order valence-corrected chi connectivity index (χ0v) is 17.3. The lowest BCUT2D eigenvalue weighted by atomic mass is 9.79. The highest BCUT2D eigenvalue weighted by Crippen LogP contribution is 2.40. The third-order valence-corrected chi connectivity index (χ3v) is 6.28. The fourth-order valence-electron chi connectivity index (χ4n) is 4.65. The van der Waals surface area contributed by atoms with Crippen molar-refractivity contribution in [2.24, 2.45) is 12.0 Å². The Morgan fingerprint density at radius 1 is 1.31 bits per heavy atom. The Balaban J connectivity index is 1.45. The summed E-state index contributed by atoms with van der Waals surface area (Å²) in [5.74, 6) is 0.719. The lowest BCUT2D eigenvalue weighted by Crippen LogP contribution is -2.51. The van der Waals surface area contributed by atoms with Gasteiger partial charge in [0.05, 0.1) is 19.3 Å². The molecule has 2 aliphatic rings. The molecule has 1 saturated heterocycles. The number of rotatable bonds is 4. The average Bonchev–Trinajstić information content (AvgIpc) is 3.39. The number of halogens is 1. The van der Waals surface area contributed by atoms with Gasteiger partial charge in [-0.1, -0.05) is 25.0 Å². The van der Waals surface area contributed by atoms with Gasteiger partial charge in [0, 0.05) is 44.4 Å². The first-order chi connectivity index (χ1) is 14.1. The predicted molar refractivity (Wildman–Crippen MR) is 111 cm³/mol. The molecular formula is C22H30FN5O. The lowest BCUT2D eigenvalue weighted by Gasteiger charge is -2.37. The molecule has 1 aliphatic heterocycles. The van der Waals surface area contributed by atoms with Gasteiger partial charge in [0.1, 0.15) is 11.9 Å². The number of aromatic nitrogens is 2. The molecule has 0 spiro atoms. The van der Waals surface area contributed by atoms with Crippen LogP contribution in [0.15, 0.2) is 41.7 Å². The number of aryl methyl sites for hydroxylation is 1. The molecule has 0 radical (unpaired) electrons. The van der Waals surface area contributed by atoms with Crippen LogP contribution in [0.1, 0.15) is 42.9 Å². The van der Waals surface area contributed by atoms with Gasteiger partial charge in [-0.2, -0.15) is 5.10 Å². The normalized spacial score (nSPS) is 22.1. The second-order valence-corrected chi connectivity index (χ2v) is 8.15. The SMILES string of the molecule is CN=C(NCC1(c2ccc(F)cc2)CCCC1)N1CCOC(c2cnn(C)c2)C1. The van der Waals surface area contributed by atoms with E-state index in [1.54, 1.807) is 16.8 Å². The van der Waals surface area contributed by atoms with E-state index < -0.39 is 0 Å². The number of aliphatic imine (C=N–C) groups is 1. The van der Waals surface area contributed by atoms with Gasteiger partial charge >= 0.3 is 0 Å². The minimum absolute atomic E-state index is 0.00598. The Morgan fingerprint density at radius 2 is 2.07 bits per heavy atom. The molecule has 7 heteroatoms. The molecule has 1 aromatic carbocycles. The molecule has 0 amide bonds. The van der Waals surface area contributed by atoms with Crippen molar-refractivity contribution in [3.63, 3.8) is 0 Å². The van der Waals surface area contributed by atoms with Gasteiger partial charge in [0.15, 0.2) is 5.96 Å². The second-order valence-electron chi connectivity index (χ2n) is 8.15. The summed E-state index contributed by atoms with van der Waals surface area (Å²) >= 11 is 0. The van der Waals surface area contributed by atoms with E-state index in [1.807, 2.05) is 38.6 Å². The maximum absolute atomic E-state index is 13.4. The van der Waals surface area contributed by atoms with Crippen molar-refractivity contribution in [2.45, 2.75) is 37.2 Å². The van der Waals surface area contributed by atoms with E-state index in [-0.39, 0.29) is 17.3 Å². The Labute approximate surface area is 171 Å². The molecule has 4 rings (SSSR count). The summed E-state index contributed by atoms with van der Waals surface area (Å²) in [4.78, 5) is 6.80. The second kappa shape index (κ2) is 8.53. The van der Waals surface area contributed by atoms with Crippen molar-refractivity contribution in [3.05, 3.63) is 53.6 Å². The Morgan fingerprint density at radius 3 is 2.72 bits per heavy atom. The van der Waals surface area contributed by atoms with Crippen molar-refractivity contribution in [1.82, 2.24) is 20.0 Å². The van der Waals surface area contributed by atoms with Crippen LogP contribution >= 0.6 is 0 Å². The first-order valence-electron chi connectivity index (χ1n) is 10.4. The molecule has 156 valence electrons. The summed E-state index contributed by atoms with van der Waals surface area (Å²) in [5.41, 5.74) is 2.35. The van der Waals surface area contributed by atoms with Crippen LogP contribution in [0.4, 0.5) is 4.39 Å². The van der Waals surface area contributed by atoms with Gasteiger partial charge in [0.25, 0.3) is 0 Å². The monoisotopic (exact) mass is 399 g/mol. The van der Waals surface area contributed by atoms with E-state index in [0.29, 0.717) is 6.61 Å². The van der Waals surface area contributed by atoms with E-state index in [2.05, 4.69) is 20.3 Å². The number of nitrogens with zero attached hydrogens (tertiary/aromatic N) is 4. The van der Waals surface area contributed by atoms with Crippen LogP contribution in [0.3, 0.4) is 0 Å². The maximum atomic E-state index is 13.4. The van der Waals surface area contributed by atoms with E-state index in [1.165, 1.54) is 18.4 Å². The standard InChI is InChI=1S/C22H30FN5O/c1-24-21(28-11-12-29-20(15-28)17-13-26-27(2)14-17)25-16-22(9-3-4-10-22)18-5-7-19(23)8-6-18/h5-8,13-14,20H,3-4,9-12,15-16H2,1-2H3,(H,24,25). The predicted octanol–water partition coefficient (Wildman–Crippen LogP) is 3.02. The third kappa shape index (κ3) is 4.29. The molecule has 29 heavy (non-hydrogen) atoms. The zero-order valence-electron chi connectivity index (χ0n) is 17.3. The summed E-state index contributed by atoms with van der Waals surface area (Å²) in [6.45, 7) is 3.01. The largest absolute Gasteiger partial charge is 0.370 e. The number of hydrogen-bond donors (Lipinski definition) is 1. The summed E-state index contributed by atoms with van der Waals surface area (Å²) in [5, 5.41) is 7.88. The molecular weight excluding hydrogens is 369 g/mol. The van der Waals surface area contributed by atoms with Crippen LogP contribution in [-0.4, -0.2) is 53.9 Å². The molecule has 1 aromatic heterocycles. The minimum atomic E-state index is -0.180. The molecule has 1 saturated carbocycles. The van der Waals surface area contributed by atoms with Crippen LogP contribution in [0.2, 0.25) is 0 Å². The van der Waals surface area contributed by atoms with E-state index in [0.717, 1.165) is 44.0 Å². The quantitative estimate of drug-likeness (QED) is 0.634. The molecule has 1 atom stereocenters. The number of hydrogen-bond acceptors (Lipinski definition) is 3. The van der Waals surface area contributed by atoms with Crippen molar-refractivity contribution in [2.75, 3.05) is 33.3 Å². The molecule has 0 bridgehead atoms. The Kier molecular flexibility index (Phi) is 5.85. The summed E-state index contributed by atoms with van der Waals surface area (Å²) in [6.07, 6.45) is 8.51. The van der Waals surface area contributed by atoms with Crippen LogP contribution < -0.4 is 5.32 Å². The average molecular weight is 400 g/mol. The molecule has 1 unspecified atom stereocenters. The van der Waals surface area contributed by atoms with Crippen molar-refractivity contribution >= 4 is 5.96 Å². The molecule has 2 fully saturated rings. The van der Waals surface area contributed by atoms with Gasteiger partial charge < -0.3 is 15.0 Å². The van der Waals surface area contributed by atoms with Gasteiger partial charge in [0.2, 0.25) is 0 Å². The van der Waals surface area contributed by atoms with Crippen LogP contribution in [0.5, 0.6) is 0 Å². The van der Waals surface area contributed by atoms with Crippen molar-refractivity contribution in [3.8, 4) is 0 Å². The van der Waals surface area contributed by atoms with Crippen LogP contribution in [0, 0.1) is 5.82 Å². The molecule has 2 aromatic rings. The lowest BCUT2D eigenvalue weighted by molar-refractivity contribution is -0.00811. The molecule has 1 aliphatic carbocycles. The van der Waals surface area contributed by atoms with Crippen LogP contribution in [0.25, 0.3) is 0 Å². The summed E-state index contributed by atoms with van der Waals surface area (Å²) < 4.78 is 21.2. The Bertz CT molecular complexity index is 841. The van der Waals surface area contributed by atoms with E-state index in [9.17, 15) is 4.39 Å². The summed E-state index contributed by atoms with van der Waals surface area (Å²) in [6, 6.07) is 7.03. The van der Waals surface area contributed by atoms with E-state index >= 15 is 0 Å².